The van der Waals surface area contributed by atoms with Gasteiger partial charge in [-0.3, -0.25) is 4.79 Å². The van der Waals surface area contributed by atoms with E-state index in [0.717, 1.165) is 6.54 Å². The Balaban J connectivity index is 3.15. The van der Waals surface area contributed by atoms with Gasteiger partial charge in [-0.05, 0) is 7.05 Å². The van der Waals surface area contributed by atoms with E-state index in [-0.39, 0.29) is 19.1 Å². The highest BCUT2D eigenvalue weighted by Gasteiger charge is 1.97. The normalized spacial score (nSPS) is 9.00. The first-order valence-corrected chi connectivity index (χ1v) is 3.73. The molecule has 0 aromatic rings. The SMILES string of the molecule is C#CCNC(=O)COCCNC. The van der Waals surface area contributed by atoms with Crippen LogP contribution in [-0.2, 0) is 9.53 Å². The number of terminal acetylenes is 1. The molecular weight excluding hydrogens is 156 g/mol. The third-order valence-electron chi connectivity index (χ3n) is 1.12. The number of ether oxygens (including phenoxy) is 1. The van der Waals surface area contributed by atoms with Crippen molar-refractivity contribution in [1.29, 1.82) is 0 Å². The summed E-state index contributed by atoms with van der Waals surface area (Å²) >= 11 is 0. The molecule has 0 rings (SSSR count). The highest BCUT2D eigenvalue weighted by molar-refractivity contribution is 5.77. The maximum Gasteiger partial charge on any atom is 0.246 e. The van der Waals surface area contributed by atoms with E-state index in [4.69, 9.17) is 11.2 Å². The van der Waals surface area contributed by atoms with E-state index in [9.17, 15) is 4.79 Å². The quantitative estimate of drug-likeness (QED) is 0.396. The van der Waals surface area contributed by atoms with Crippen LogP contribution >= 0.6 is 0 Å². The van der Waals surface area contributed by atoms with Gasteiger partial charge in [-0.2, -0.15) is 0 Å². The Hall–Kier alpha value is -1.05. The number of rotatable bonds is 6. The highest BCUT2D eigenvalue weighted by atomic mass is 16.5. The molecule has 0 heterocycles. The molecule has 12 heavy (non-hydrogen) atoms. The molecule has 0 bridgehead atoms. The molecule has 0 aliphatic carbocycles. The molecule has 0 aliphatic rings. The van der Waals surface area contributed by atoms with Crippen molar-refractivity contribution in [1.82, 2.24) is 10.6 Å². The summed E-state index contributed by atoms with van der Waals surface area (Å²) < 4.78 is 4.99. The molecule has 0 fully saturated rings. The predicted octanol–water partition coefficient (Wildman–Crippen LogP) is -1.03. The summed E-state index contributed by atoms with van der Waals surface area (Å²) in [4.78, 5) is 10.8. The van der Waals surface area contributed by atoms with Crippen molar-refractivity contribution in [2.75, 3.05) is 33.4 Å². The molecule has 68 valence electrons. The predicted molar refractivity (Wildman–Crippen MR) is 46.6 cm³/mol. The average Bonchev–Trinajstić information content (AvgIpc) is 2.09. The number of nitrogens with one attached hydrogen (secondary N) is 2. The fourth-order valence-electron chi connectivity index (χ4n) is 0.540. The Morgan fingerprint density at radius 2 is 2.42 bits per heavy atom. The summed E-state index contributed by atoms with van der Waals surface area (Å²) in [6.07, 6.45) is 4.94. The second-order valence-corrected chi connectivity index (χ2v) is 2.14. The summed E-state index contributed by atoms with van der Waals surface area (Å²) in [7, 11) is 1.82. The molecule has 4 heteroatoms. The fourth-order valence-corrected chi connectivity index (χ4v) is 0.540. The van der Waals surface area contributed by atoms with Gasteiger partial charge in [0.05, 0.1) is 13.2 Å². The fraction of sp³-hybridized carbons (Fsp3) is 0.625. The standard InChI is InChI=1S/C8H14N2O2/c1-3-4-10-8(11)7-12-6-5-9-2/h1,9H,4-7H2,2H3,(H,10,11). The lowest BCUT2D eigenvalue weighted by Gasteiger charge is -2.02. The van der Waals surface area contributed by atoms with E-state index in [0.29, 0.717) is 6.61 Å². The van der Waals surface area contributed by atoms with Gasteiger partial charge in [0.1, 0.15) is 6.61 Å². The first-order valence-electron chi connectivity index (χ1n) is 3.73. The van der Waals surface area contributed by atoms with Crippen molar-refractivity contribution >= 4 is 5.91 Å². The second-order valence-electron chi connectivity index (χ2n) is 2.14. The van der Waals surface area contributed by atoms with Gasteiger partial charge < -0.3 is 15.4 Å². The van der Waals surface area contributed by atoms with Crippen LogP contribution in [0.1, 0.15) is 0 Å². The van der Waals surface area contributed by atoms with E-state index < -0.39 is 0 Å². The summed E-state index contributed by atoms with van der Waals surface area (Å²) in [5, 5.41) is 5.38. The number of carbonyl (C=O) groups is 1. The number of carbonyl (C=O) groups excluding carboxylic acids is 1. The Morgan fingerprint density at radius 3 is 3.00 bits per heavy atom. The molecule has 0 saturated heterocycles. The van der Waals surface area contributed by atoms with Gasteiger partial charge in [0.2, 0.25) is 5.91 Å². The molecule has 0 radical (unpaired) electrons. The van der Waals surface area contributed by atoms with Gasteiger partial charge in [0.25, 0.3) is 0 Å². The molecular formula is C8H14N2O2. The molecule has 2 N–H and O–H groups in total. The van der Waals surface area contributed by atoms with Crippen molar-refractivity contribution in [3.8, 4) is 12.3 Å². The van der Waals surface area contributed by atoms with Gasteiger partial charge in [-0.15, -0.1) is 6.42 Å². The molecule has 0 aromatic carbocycles. The Bertz CT molecular complexity index is 163. The Morgan fingerprint density at radius 1 is 1.67 bits per heavy atom. The molecule has 0 aromatic heterocycles. The van der Waals surface area contributed by atoms with Gasteiger partial charge in [0.15, 0.2) is 0 Å². The summed E-state index contributed by atoms with van der Waals surface area (Å²) in [6, 6.07) is 0. The van der Waals surface area contributed by atoms with Crippen molar-refractivity contribution < 1.29 is 9.53 Å². The minimum atomic E-state index is -0.177. The number of hydrogen-bond donors (Lipinski definition) is 2. The number of amides is 1. The molecule has 0 aliphatic heterocycles. The van der Waals surface area contributed by atoms with E-state index in [1.165, 1.54) is 0 Å². The van der Waals surface area contributed by atoms with Gasteiger partial charge in [0, 0.05) is 6.54 Å². The Kier molecular flexibility index (Phi) is 7.35. The maximum absolute atomic E-state index is 10.8. The third-order valence-corrected chi connectivity index (χ3v) is 1.12. The van der Waals surface area contributed by atoms with Crippen LogP contribution in [0.5, 0.6) is 0 Å². The van der Waals surface area contributed by atoms with Gasteiger partial charge in [-0.25, -0.2) is 0 Å². The van der Waals surface area contributed by atoms with Crippen LogP contribution in [0.25, 0.3) is 0 Å². The highest BCUT2D eigenvalue weighted by Crippen LogP contribution is 1.73. The number of likely N-dealkylation sites (N-methyl/N-ethyl adjacent to an activating group) is 1. The molecule has 0 atom stereocenters. The maximum atomic E-state index is 10.8. The summed E-state index contributed by atoms with van der Waals surface area (Å²) in [6.45, 7) is 1.60. The lowest BCUT2D eigenvalue weighted by molar-refractivity contribution is -0.125. The zero-order valence-corrected chi connectivity index (χ0v) is 7.22. The topological polar surface area (TPSA) is 50.4 Å². The van der Waals surface area contributed by atoms with Crippen molar-refractivity contribution in [3.63, 3.8) is 0 Å². The lowest BCUT2D eigenvalue weighted by Crippen LogP contribution is -2.29. The molecule has 0 saturated carbocycles. The summed E-state index contributed by atoms with van der Waals surface area (Å²) in [5.74, 6) is 2.12. The molecule has 0 unspecified atom stereocenters. The zero-order valence-electron chi connectivity index (χ0n) is 7.22. The lowest BCUT2D eigenvalue weighted by atomic mass is 10.6. The Labute approximate surface area is 72.7 Å². The van der Waals surface area contributed by atoms with Gasteiger partial charge >= 0.3 is 0 Å². The minimum absolute atomic E-state index is 0.0728. The number of hydrogen-bond acceptors (Lipinski definition) is 3. The van der Waals surface area contributed by atoms with E-state index in [2.05, 4.69) is 16.6 Å². The zero-order chi connectivity index (χ0) is 9.23. The van der Waals surface area contributed by atoms with Crippen LogP contribution in [0.2, 0.25) is 0 Å². The van der Waals surface area contributed by atoms with Crippen LogP contribution in [-0.4, -0.2) is 39.3 Å². The van der Waals surface area contributed by atoms with Crippen LogP contribution in [0.4, 0.5) is 0 Å². The third kappa shape index (κ3) is 7.06. The van der Waals surface area contributed by atoms with Crippen LogP contribution in [0, 0.1) is 12.3 Å². The van der Waals surface area contributed by atoms with Crippen LogP contribution in [0.3, 0.4) is 0 Å². The monoisotopic (exact) mass is 170 g/mol. The van der Waals surface area contributed by atoms with Crippen molar-refractivity contribution in [2.45, 2.75) is 0 Å². The van der Waals surface area contributed by atoms with E-state index in [1.807, 2.05) is 7.05 Å². The minimum Gasteiger partial charge on any atom is -0.370 e. The van der Waals surface area contributed by atoms with Gasteiger partial charge in [-0.1, -0.05) is 5.92 Å². The van der Waals surface area contributed by atoms with Crippen LogP contribution < -0.4 is 10.6 Å². The largest absolute Gasteiger partial charge is 0.370 e. The van der Waals surface area contributed by atoms with E-state index >= 15 is 0 Å². The molecule has 1 amide bonds. The molecule has 4 nitrogen and oxygen atoms in total. The smallest absolute Gasteiger partial charge is 0.246 e. The average molecular weight is 170 g/mol. The summed E-state index contributed by atoms with van der Waals surface area (Å²) in [5.41, 5.74) is 0. The molecule has 0 spiro atoms. The van der Waals surface area contributed by atoms with Crippen molar-refractivity contribution in [3.05, 3.63) is 0 Å². The first kappa shape index (κ1) is 11.0. The van der Waals surface area contributed by atoms with Crippen LogP contribution in [0.15, 0.2) is 0 Å². The van der Waals surface area contributed by atoms with Crippen molar-refractivity contribution in [2.24, 2.45) is 0 Å². The second kappa shape index (κ2) is 8.05. The first-order chi connectivity index (χ1) is 5.81. The van der Waals surface area contributed by atoms with E-state index in [1.54, 1.807) is 0 Å².